The molecule has 28 heavy (non-hydrogen) atoms. The van der Waals surface area contributed by atoms with Crippen molar-refractivity contribution in [2.75, 3.05) is 19.5 Å². The zero-order chi connectivity index (χ0) is 19.7. The van der Waals surface area contributed by atoms with Crippen molar-refractivity contribution in [2.45, 2.75) is 6.23 Å². The Morgan fingerprint density at radius 3 is 2.71 bits per heavy atom. The lowest BCUT2D eigenvalue weighted by Crippen LogP contribution is -2.10. The molecule has 0 fully saturated rings. The SMILES string of the molecule is COc1cccc(-c2ccc(OC)n3nc(NC(O)c4ccc(Br)o4)nc23)c1. The molecule has 2 N–H and O–H groups in total. The minimum absolute atomic E-state index is 0.230. The molecule has 0 saturated heterocycles. The van der Waals surface area contributed by atoms with E-state index in [9.17, 15) is 5.11 Å². The summed E-state index contributed by atoms with van der Waals surface area (Å²) in [5, 5.41) is 17.6. The number of nitrogens with zero attached hydrogens (tertiary/aromatic N) is 3. The van der Waals surface area contributed by atoms with Gasteiger partial charge in [0.2, 0.25) is 11.8 Å². The second-order valence-corrected chi connectivity index (χ2v) is 6.66. The van der Waals surface area contributed by atoms with Crippen LogP contribution >= 0.6 is 15.9 Å². The Kier molecular flexibility index (Phi) is 4.93. The van der Waals surface area contributed by atoms with E-state index in [1.54, 1.807) is 36.9 Å². The topological polar surface area (TPSA) is 94.1 Å². The minimum atomic E-state index is -1.10. The number of hydrogen-bond donors (Lipinski definition) is 2. The molecule has 144 valence electrons. The number of fused-ring (bicyclic) bond motifs is 1. The average Bonchev–Trinajstić information content (AvgIpc) is 3.33. The maximum Gasteiger partial charge on any atom is 0.245 e. The number of ether oxygens (including phenoxy) is 2. The monoisotopic (exact) mass is 444 g/mol. The van der Waals surface area contributed by atoms with E-state index in [2.05, 4.69) is 31.3 Å². The number of halogens is 1. The molecule has 0 bridgehead atoms. The Morgan fingerprint density at radius 1 is 1.14 bits per heavy atom. The minimum Gasteiger partial charge on any atom is -0.497 e. The van der Waals surface area contributed by atoms with Crippen LogP contribution in [0.25, 0.3) is 16.8 Å². The lowest BCUT2D eigenvalue weighted by molar-refractivity contribution is 0.175. The van der Waals surface area contributed by atoms with Crippen LogP contribution in [0.15, 0.2) is 57.6 Å². The van der Waals surface area contributed by atoms with E-state index in [0.29, 0.717) is 22.0 Å². The summed E-state index contributed by atoms with van der Waals surface area (Å²) in [6, 6.07) is 14.7. The summed E-state index contributed by atoms with van der Waals surface area (Å²) >= 11 is 3.21. The number of benzene rings is 1. The number of pyridine rings is 1. The summed E-state index contributed by atoms with van der Waals surface area (Å²) in [5.74, 6) is 1.82. The maximum absolute atomic E-state index is 10.3. The molecule has 4 aromatic rings. The van der Waals surface area contributed by atoms with E-state index < -0.39 is 6.23 Å². The van der Waals surface area contributed by atoms with Crippen molar-refractivity contribution in [3.8, 4) is 22.8 Å². The summed E-state index contributed by atoms with van der Waals surface area (Å²) in [6.07, 6.45) is -1.10. The van der Waals surface area contributed by atoms with Gasteiger partial charge in [0.1, 0.15) is 5.75 Å². The van der Waals surface area contributed by atoms with Gasteiger partial charge >= 0.3 is 0 Å². The lowest BCUT2D eigenvalue weighted by Gasteiger charge is -2.08. The van der Waals surface area contributed by atoms with Crippen LogP contribution in [0.2, 0.25) is 0 Å². The van der Waals surface area contributed by atoms with Gasteiger partial charge in [0.15, 0.2) is 22.3 Å². The van der Waals surface area contributed by atoms with Crippen LogP contribution in [0.4, 0.5) is 5.95 Å². The van der Waals surface area contributed by atoms with E-state index in [4.69, 9.17) is 13.9 Å². The van der Waals surface area contributed by atoms with Crippen molar-refractivity contribution in [3.63, 3.8) is 0 Å². The number of methoxy groups -OCH3 is 2. The Labute approximate surface area is 168 Å². The van der Waals surface area contributed by atoms with Gasteiger partial charge in [-0.2, -0.15) is 9.50 Å². The molecule has 0 aliphatic carbocycles. The largest absolute Gasteiger partial charge is 0.497 e. The Bertz CT molecular complexity index is 1120. The van der Waals surface area contributed by atoms with Crippen LogP contribution in [0.3, 0.4) is 0 Å². The number of anilines is 1. The molecule has 8 nitrogen and oxygen atoms in total. The van der Waals surface area contributed by atoms with Crippen LogP contribution in [0.1, 0.15) is 12.0 Å². The lowest BCUT2D eigenvalue weighted by atomic mass is 10.1. The molecule has 1 unspecified atom stereocenters. The number of nitrogens with one attached hydrogen (secondary N) is 1. The van der Waals surface area contributed by atoms with Gasteiger partial charge in [-0.25, -0.2) is 0 Å². The molecule has 0 saturated carbocycles. The predicted molar refractivity (Wildman–Crippen MR) is 107 cm³/mol. The molecular weight excluding hydrogens is 428 g/mol. The van der Waals surface area contributed by atoms with Crippen molar-refractivity contribution < 1.29 is 19.0 Å². The fourth-order valence-electron chi connectivity index (χ4n) is 2.84. The number of hydrogen-bond acceptors (Lipinski definition) is 7. The van der Waals surface area contributed by atoms with Crippen molar-refractivity contribution in [3.05, 3.63) is 59.0 Å². The smallest absolute Gasteiger partial charge is 0.245 e. The van der Waals surface area contributed by atoms with Crippen LogP contribution in [-0.2, 0) is 0 Å². The zero-order valence-corrected chi connectivity index (χ0v) is 16.7. The van der Waals surface area contributed by atoms with Gasteiger partial charge in [0, 0.05) is 11.6 Å². The number of rotatable bonds is 6. The summed E-state index contributed by atoms with van der Waals surface area (Å²) in [4.78, 5) is 4.53. The Hall–Kier alpha value is -3.04. The van der Waals surface area contributed by atoms with E-state index in [1.807, 2.05) is 30.3 Å². The summed E-state index contributed by atoms with van der Waals surface area (Å²) in [5.41, 5.74) is 2.33. The highest BCUT2D eigenvalue weighted by Crippen LogP contribution is 2.30. The molecule has 1 atom stereocenters. The molecular formula is C19H17BrN4O4. The standard InChI is InChI=1S/C19H17BrN4O4/c1-26-12-5-3-4-11(10-12)13-6-9-16(27-2)24-17(13)21-19(23-24)22-18(25)14-7-8-15(20)28-14/h3-10,18,25H,1-2H3,(H,22,23). The number of furan rings is 1. The fraction of sp³-hybridized carbons (Fsp3) is 0.158. The van der Waals surface area contributed by atoms with E-state index in [0.717, 1.165) is 16.9 Å². The third-order valence-corrected chi connectivity index (χ3v) is 4.59. The number of aliphatic hydroxyl groups excluding tert-OH is 1. The molecule has 3 aromatic heterocycles. The third-order valence-electron chi connectivity index (χ3n) is 4.17. The van der Waals surface area contributed by atoms with Crippen LogP contribution in [0.5, 0.6) is 11.6 Å². The van der Waals surface area contributed by atoms with Gasteiger partial charge < -0.3 is 24.3 Å². The zero-order valence-electron chi connectivity index (χ0n) is 15.1. The highest BCUT2D eigenvalue weighted by atomic mass is 79.9. The summed E-state index contributed by atoms with van der Waals surface area (Å²) < 4.78 is 18.2. The summed E-state index contributed by atoms with van der Waals surface area (Å²) in [7, 11) is 3.18. The van der Waals surface area contributed by atoms with E-state index in [1.165, 1.54) is 0 Å². The van der Waals surface area contributed by atoms with Gasteiger partial charge in [-0.3, -0.25) is 0 Å². The second kappa shape index (κ2) is 7.53. The van der Waals surface area contributed by atoms with E-state index >= 15 is 0 Å². The molecule has 9 heteroatoms. The molecule has 0 aliphatic heterocycles. The first kappa shape index (κ1) is 18.3. The number of aliphatic hydroxyl groups is 1. The molecule has 0 amide bonds. The molecule has 0 spiro atoms. The first-order valence-corrected chi connectivity index (χ1v) is 9.16. The maximum atomic E-state index is 10.3. The molecule has 0 aliphatic rings. The van der Waals surface area contributed by atoms with Crippen molar-refractivity contribution in [1.82, 2.24) is 14.6 Å². The van der Waals surface area contributed by atoms with Crippen LogP contribution < -0.4 is 14.8 Å². The Balaban J connectivity index is 1.76. The fourth-order valence-corrected chi connectivity index (χ4v) is 3.16. The van der Waals surface area contributed by atoms with Gasteiger partial charge in [-0.05, 0) is 51.8 Å². The van der Waals surface area contributed by atoms with E-state index in [-0.39, 0.29) is 5.95 Å². The van der Waals surface area contributed by atoms with Crippen molar-refractivity contribution in [1.29, 1.82) is 0 Å². The molecule has 1 aromatic carbocycles. The van der Waals surface area contributed by atoms with Gasteiger partial charge in [0.05, 0.1) is 14.2 Å². The highest BCUT2D eigenvalue weighted by Gasteiger charge is 2.18. The van der Waals surface area contributed by atoms with Crippen molar-refractivity contribution in [2.24, 2.45) is 0 Å². The van der Waals surface area contributed by atoms with Crippen LogP contribution in [-0.4, -0.2) is 33.9 Å². The van der Waals surface area contributed by atoms with Gasteiger partial charge in [-0.15, -0.1) is 5.10 Å². The van der Waals surface area contributed by atoms with Crippen molar-refractivity contribution >= 4 is 27.5 Å². The predicted octanol–water partition coefficient (Wildman–Crippen LogP) is 3.87. The van der Waals surface area contributed by atoms with Crippen LogP contribution in [0, 0.1) is 0 Å². The average molecular weight is 445 g/mol. The van der Waals surface area contributed by atoms with Gasteiger partial charge in [0.25, 0.3) is 0 Å². The summed E-state index contributed by atoms with van der Waals surface area (Å²) in [6.45, 7) is 0. The number of aromatic nitrogens is 3. The first-order chi connectivity index (χ1) is 13.6. The molecule has 4 rings (SSSR count). The quantitative estimate of drug-likeness (QED) is 0.435. The Morgan fingerprint density at radius 2 is 2.00 bits per heavy atom. The highest BCUT2D eigenvalue weighted by molar-refractivity contribution is 9.10. The first-order valence-electron chi connectivity index (χ1n) is 8.37. The second-order valence-electron chi connectivity index (χ2n) is 5.88. The molecule has 3 heterocycles. The third kappa shape index (κ3) is 3.41. The normalized spacial score (nSPS) is 12.1. The van der Waals surface area contributed by atoms with Gasteiger partial charge in [-0.1, -0.05) is 12.1 Å². The molecule has 0 radical (unpaired) electrons.